The molecule has 1 saturated heterocycles. The molecule has 1 aromatic rings. The number of anilines is 1. The summed E-state index contributed by atoms with van der Waals surface area (Å²) in [5.41, 5.74) is 5.81. The number of β-lactam (4-membered cyclic amide) rings is 1. The van der Waals surface area contributed by atoms with Gasteiger partial charge in [0.25, 0.3) is 11.8 Å². The van der Waals surface area contributed by atoms with Gasteiger partial charge in [-0.15, -0.1) is 23.1 Å². The number of oxime groups is 1. The minimum Gasteiger partial charge on any atom is -0.477 e. The first-order valence-corrected chi connectivity index (χ1v) is 10.2. The zero-order chi connectivity index (χ0) is 21.3. The van der Waals surface area contributed by atoms with Crippen molar-refractivity contribution in [1.29, 1.82) is 0 Å². The van der Waals surface area contributed by atoms with Crippen LogP contribution < -0.4 is 11.1 Å². The number of rotatable bonds is 7. The molecule has 11 nitrogen and oxygen atoms in total. The summed E-state index contributed by atoms with van der Waals surface area (Å²) in [5, 5.41) is 16.9. The number of fused-ring (bicyclic) bond motifs is 1. The number of thioether (sulfide) groups is 1. The number of thiazole rings is 1. The van der Waals surface area contributed by atoms with Gasteiger partial charge in [0.15, 0.2) is 10.8 Å². The fourth-order valence-corrected chi connectivity index (χ4v) is 4.92. The predicted octanol–water partition coefficient (Wildman–Crippen LogP) is -0.206. The van der Waals surface area contributed by atoms with E-state index in [0.29, 0.717) is 5.57 Å². The van der Waals surface area contributed by atoms with Gasteiger partial charge in [0.05, 0.1) is 0 Å². The highest BCUT2D eigenvalue weighted by Gasteiger charge is 2.54. The van der Waals surface area contributed by atoms with E-state index in [1.165, 1.54) is 31.2 Å². The van der Waals surface area contributed by atoms with Crippen LogP contribution in [-0.4, -0.2) is 68.5 Å². The summed E-state index contributed by atoms with van der Waals surface area (Å²) in [4.78, 5) is 58.1. The summed E-state index contributed by atoms with van der Waals surface area (Å²) in [6, 6.07) is -0.946. The first-order chi connectivity index (χ1) is 13.7. The summed E-state index contributed by atoms with van der Waals surface area (Å²) in [7, 11) is 1.26. The molecule has 2 unspecified atom stereocenters. The molecular weight excluding hydrogens is 422 g/mol. The van der Waals surface area contributed by atoms with Crippen molar-refractivity contribution in [2.45, 2.75) is 24.8 Å². The number of nitrogens with two attached hydrogens (primary N) is 1. The summed E-state index contributed by atoms with van der Waals surface area (Å²) in [5.74, 6) is -2.50. The van der Waals surface area contributed by atoms with Crippen LogP contribution in [0.4, 0.5) is 5.13 Å². The minimum atomic E-state index is -1.29. The van der Waals surface area contributed by atoms with Gasteiger partial charge >= 0.3 is 5.97 Å². The Bertz CT molecular complexity index is 955. The summed E-state index contributed by atoms with van der Waals surface area (Å²) in [6.45, 7) is 1.35. The summed E-state index contributed by atoms with van der Waals surface area (Å²) in [6.07, 6.45) is -0.0436. The Hall–Kier alpha value is -2.93. The van der Waals surface area contributed by atoms with Gasteiger partial charge in [0.1, 0.15) is 35.7 Å². The molecule has 0 aromatic carbocycles. The van der Waals surface area contributed by atoms with E-state index in [4.69, 9.17) is 5.73 Å². The molecule has 154 valence electrons. The normalized spacial score (nSPS) is 21.4. The molecule has 2 aliphatic rings. The lowest BCUT2D eigenvalue weighted by molar-refractivity contribution is -0.150. The maximum atomic E-state index is 12.6. The van der Waals surface area contributed by atoms with Crippen molar-refractivity contribution < 1.29 is 29.1 Å². The monoisotopic (exact) mass is 439 g/mol. The molecule has 4 N–H and O–H groups in total. The van der Waals surface area contributed by atoms with Gasteiger partial charge < -0.3 is 21.0 Å². The largest absolute Gasteiger partial charge is 0.477 e. The fraction of sp³-hybridized carbons (Fsp3) is 0.375. The van der Waals surface area contributed by atoms with E-state index in [9.17, 15) is 24.3 Å². The molecule has 0 radical (unpaired) electrons. The lowest BCUT2D eigenvalue weighted by Gasteiger charge is -2.49. The Labute approximate surface area is 173 Å². The molecule has 0 bridgehead atoms. The van der Waals surface area contributed by atoms with Crippen LogP contribution in [0, 0.1) is 0 Å². The van der Waals surface area contributed by atoms with Gasteiger partial charge in [0, 0.05) is 17.6 Å². The van der Waals surface area contributed by atoms with Crippen LogP contribution in [-0.2, 0) is 24.0 Å². The standard InChI is InChI=1S/C16H17N5O6S2/c1-6(22)3-7-4-28-14-10(13(24)21(14)11(7)15(25)26)19-12(23)9(20-27-2)8-5-29-16(17)18-8/h5,10,14H,3-4H2,1-2H3,(H2,17,18)(H,19,23)(H,25,26). The molecule has 2 aliphatic heterocycles. The van der Waals surface area contributed by atoms with E-state index < -0.39 is 29.2 Å². The summed E-state index contributed by atoms with van der Waals surface area (Å²) < 4.78 is 0. The Balaban J connectivity index is 1.80. The molecule has 1 aromatic heterocycles. The Morgan fingerprint density at radius 1 is 1.48 bits per heavy atom. The Morgan fingerprint density at radius 2 is 2.21 bits per heavy atom. The summed E-state index contributed by atoms with van der Waals surface area (Å²) >= 11 is 2.39. The Morgan fingerprint density at radius 3 is 2.76 bits per heavy atom. The number of ketones is 1. The van der Waals surface area contributed by atoms with Crippen LogP contribution in [0.2, 0.25) is 0 Å². The van der Waals surface area contributed by atoms with Gasteiger partial charge in [-0.3, -0.25) is 19.3 Å². The Kier molecular flexibility index (Phi) is 5.88. The van der Waals surface area contributed by atoms with Crippen molar-refractivity contribution in [1.82, 2.24) is 15.2 Å². The van der Waals surface area contributed by atoms with Gasteiger partial charge in [-0.05, 0) is 12.5 Å². The van der Waals surface area contributed by atoms with E-state index in [-0.39, 0.29) is 40.2 Å². The van der Waals surface area contributed by atoms with Crippen molar-refractivity contribution >= 4 is 57.5 Å². The molecule has 3 rings (SSSR count). The second-order valence-electron chi connectivity index (χ2n) is 6.19. The number of carboxylic acids is 1. The van der Waals surface area contributed by atoms with Crippen LogP contribution in [0.15, 0.2) is 21.8 Å². The van der Waals surface area contributed by atoms with Gasteiger partial charge in [0.2, 0.25) is 0 Å². The van der Waals surface area contributed by atoms with Gasteiger partial charge in [-0.2, -0.15) is 0 Å². The smallest absolute Gasteiger partial charge is 0.352 e. The first kappa shape index (κ1) is 20.8. The number of carbonyl (C=O) groups excluding carboxylic acids is 3. The molecule has 2 atom stereocenters. The van der Waals surface area contributed by atoms with Crippen LogP contribution in [0.5, 0.6) is 0 Å². The van der Waals surface area contributed by atoms with E-state index in [0.717, 1.165) is 16.2 Å². The SMILES string of the molecule is CON=C(C(=O)NC1C(=O)N2C(C(=O)O)=C(CC(C)=O)CSC12)c1csc(N)n1. The van der Waals surface area contributed by atoms with Crippen LogP contribution in [0.1, 0.15) is 19.0 Å². The molecule has 0 spiro atoms. The number of carboxylic acid groups (broad SMARTS) is 1. The topological polar surface area (TPSA) is 164 Å². The fourth-order valence-electron chi connectivity index (χ4n) is 3.02. The highest BCUT2D eigenvalue weighted by atomic mass is 32.2. The number of aromatic nitrogens is 1. The number of hydrogen-bond acceptors (Lipinski definition) is 10. The lowest BCUT2D eigenvalue weighted by atomic mass is 10.0. The number of nitrogens with one attached hydrogen (secondary N) is 1. The van der Waals surface area contributed by atoms with Crippen molar-refractivity contribution in [3.05, 3.63) is 22.3 Å². The number of amides is 2. The lowest BCUT2D eigenvalue weighted by Crippen LogP contribution is -2.71. The zero-order valence-corrected chi connectivity index (χ0v) is 17.0. The third-order valence-electron chi connectivity index (χ3n) is 4.16. The molecular formula is C16H17N5O6S2. The van der Waals surface area contributed by atoms with E-state index in [1.807, 2.05) is 0 Å². The molecule has 13 heteroatoms. The average molecular weight is 439 g/mol. The van der Waals surface area contributed by atoms with Gasteiger partial charge in [-0.25, -0.2) is 9.78 Å². The van der Waals surface area contributed by atoms with E-state index in [1.54, 1.807) is 0 Å². The average Bonchev–Trinajstić information content (AvgIpc) is 3.08. The van der Waals surface area contributed by atoms with Crippen molar-refractivity contribution in [2.75, 3.05) is 18.6 Å². The van der Waals surface area contributed by atoms with Crippen LogP contribution in [0.3, 0.4) is 0 Å². The third kappa shape index (κ3) is 3.96. The highest BCUT2D eigenvalue weighted by Crippen LogP contribution is 2.41. The van der Waals surface area contributed by atoms with Gasteiger partial charge in [-0.1, -0.05) is 5.16 Å². The van der Waals surface area contributed by atoms with Crippen molar-refractivity contribution in [3.8, 4) is 0 Å². The third-order valence-corrected chi connectivity index (χ3v) is 6.17. The number of nitrogens with zero attached hydrogens (tertiary/aromatic N) is 3. The quantitative estimate of drug-likeness (QED) is 0.296. The second kappa shape index (κ2) is 8.21. The van der Waals surface area contributed by atoms with E-state index in [2.05, 4.69) is 20.3 Å². The van der Waals surface area contributed by atoms with Crippen molar-refractivity contribution in [2.24, 2.45) is 5.16 Å². The molecule has 3 heterocycles. The number of nitrogen functional groups attached to an aromatic ring is 1. The minimum absolute atomic E-state index is 0.0436. The van der Waals surface area contributed by atoms with E-state index >= 15 is 0 Å². The van der Waals surface area contributed by atoms with Crippen molar-refractivity contribution in [3.63, 3.8) is 0 Å². The maximum absolute atomic E-state index is 12.6. The highest BCUT2D eigenvalue weighted by molar-refractivity contribution is 8.00. The number of hydrogen-bond donors (Lipinski definition) is 3. The maximum Gasteiger partial charge on any atom is 0.352 e. The number of Topliss-reactive ketones (excluding diaryl/α,β-unsaturated/α-hetero) is 1. The molecule has 2 amide bonds. The number of aliphatic carboxylic acids is 1. The number of carbonyl (C=O) groups is 4. The second-order valence-corrected chi connectivity index (χ2v) is 8.19. The molecule has 0 aliphatic carbocycles. The van der Waals surface area contributed by atoms with Crippen LogP contribution in [0.25, 0.3) is 0 Å². The first-order valence-electron chi connectivity index (χ1n) is 8.27. The molecule has 0 saturated carbocycles. The molecule has 29 heavy (non-hydrogen) atoms. The van der Waals surface area contributed by atoms with Crippen LogP contribution >= 0.6 is 23.1 Å². The zero-order valence-electron chi connectivity index (χ0n) is 15.4. The molecule has 1 fully saturated rings. The predicted molar refractivity (Wildman–Crippen MR) is 105 cm³/mol.